The highest BCUT2D eigenvalue weighted by atomic mass is 16.3. The van der Waals surface area contributed by atoms with Crippen molar-refractivity contribution in [2.75, 3.05) is 26.3 Å². The molecule has 0 saturated heterocycles. The second-order valence-corrected chi connectivity index (χ2v) is 3.78. The Labute approximate surface area is 101 Å². The number of amides is 2. The summed E-state index contributed by atoms with van der Waals surface area (Å²) in [4.78, 5) is 21.3. The monoisotopic (exact) mass is 246 g/mol. The minimum Gasteiger partial charge on any atom is -0.387 e. The molecule has 0 heterocycles. The molecule has 0 atom stereocenters. The van der Waals surface area contributed by atoms with E-state index in [1.807, 2.05) is 0 Å². The Bertz CT molecular complexity index is 200. The van der Waals surface area contributed by atoms with Crippen LogP contribution in [-0.2, 0) is 9.59 Å². The lowest BCUT2D eigenvalue weighted by Crippen LogP contribution is -2.27. The Hall–Kier alpha value is -1.14. The number of carbonyl (C=O) groups is 2. The fourth-order valence-corrected chi connectivity index (χ4v) is 1.35. The van der Waals surface area contributed by atoms with Crippen molar-refractivity contribution in [3.05, 3.63) is 0 Å². The number of hydrogen-bond acceptors (Lipinski definition) is 4. The SMILES string of the molecule is O=C(CO)NCCCCCCCNC(=O)CO. The van der Waals surface area contributed by atoms with Gasteiger partial charge in [-0.2, -0.15) is 0 Å². The third kappa shape index (κ3) is 11.1. The van der Waals surface area contributed by atoms with Crippen LogP contribution in [0.2, 0.25) is 0 Å². The van der Waals surface area contributed by atoms with E-state index in [0.29, 0.717) is 13.1 Å². The van der Waals surface area contributed by atoms with Gasteiger partial charge in [0.2, 0.25) is 11.8 Å². The van der Waals surface area contributed by atoms with E-state index in [-0.39, 0.29) is 11.8 Å². The zero-order chi connectivity index (χ0) is 12.9. The van der Waals surface area contributed by atoms with Crippen molar-refractivity contribution in [1.82, 2.24) is 10.6 Å². The van der Waals surface area contributed by atoms with Gasteiger partial charge in [0.15, 0.2) is 0 Å². The summed E-state index contributed by atoms with van der Waals surface area (Å²) >= 11 is 0. The second kappa shape index (κ2) is 11.3. The minimum absolute atomic E-state index is 0.336. The Morgan fingerprint density at radius 3 is 1.41 bits per heavy atom. The molecule has 0 fully saturated rings. The molecule has 0 bridgehead atoms. The summed E-state index contributed by atoms with van der Waals surface area (Å²) in [5.74, 6) is -0.673. The van der Waals surface area contributed by atoms with Crippen LogP contribution in [0.5, 0.6) is 0 Å². The second-order valence-electron chi connectivity index (χ2n) is 3.78. The molecule has 0 aromatic carbocycles. The molecule has 0 radical (unpaired) electrons. The number of hydrogen-bond donors (Lipinski definition) is 4. The smallest absolute Gasteiger partial charge is 0.245 e. The molecule has 0 aromatic heterocycles. The van der Waals surface area contributed by atoms with E-state index < -0.39 is 13.2 Å². The Balaban J connectivity index is 3.08. The number of aliphatic hydroxyl groups excluding tert-OH is 2. The first-order valence-corrected chi connectivity index (χ1v) is 5.95. The molecule has 17 heavy (non-hydrogen) atoms. The van der Waals surface area contributed by atoms with Crippen molar-refractivity contribution >= 4 is 11.8 Å². The van der Waals surface area contributed by atoms with Gasteiger partial charge in [0.05, 0.1) is 0 Å². The van der Waals surface area contributed by atoms with Crippen molar-refractivity contribution in [2.24, 2.45) is 0 Å². The highest BCUT2D eigenvalue weighted by molar-refractivity contribution is 5.77. The van der Waals surface area contributed by atoms with Crippen molar-refractivity contribution in [2.45, 2.75) is 32.1 Å². The van der Waals surface area contributed by atoms with Crippen molar-refractivity contribution < 1.29 is 19.8 Å². The average Bonchev–Trinajstić information content (AvgIpc) is 2.35. The first-order valence-electron chi connectivity index (χ1n) is 5.95. The molecule has 100 valence electrons. The fourth-order valence-electron chi connectivity index (χ4n) is 1.35. The highest BCUT2D eigenvalue weighted by Gasteiger charge is 1.97. The van der Waals surface area contributed by atoms with Gasteiger partial charge in [-0.25, -0.2) is 0 Å². The van der Waals surface area contributed by atoms with Crippen LogP contribution in [0.1, 0.15) is 32.1 Å². The number of carbonyl (C=O) groups excluding carboxylic acids is 2. The first-order chi connectivity index (χ1) is 8.20. The molecule has 6 nitrogen and oxygen atoms in total. The van der Waals surface area contributed by atoms with Gasteiger partial charge in [-0.1, -0.05) is 19.3 Å². The number of nitrogens with one attached hydrogen (secondary N) is 2. The summed E-state index contributed by atoms with van der Waals surface area (Å²) < 4.78 is 0. The van der Waals surface area contributed by atoms with Gasteiger partial charge in [-0.05, 0) is 12.8 Å². The van der Waals surface area contributed by atoms with E-state index in [0.717, 1.165) is 32.1 Å². The zero-order valence-corrected chi connectivity index (χ0v) is 10.1. The van der Waals surface area contributed by atoms with Crippen LogP contribution in [-0.4, -0.2) is 48.3 Å². The van der Waals surface area contributed by atoms with Crippen LogP contribution < -0.4 is 10.6 Å². The lowest BCUT2D eigenvalue weighted by Gasteiger charge is -2.04. The Kier molecular flexibility index (Phi) is 10.6. The summed E-state index contributed by atoms with van der Waals surface area (Å²) in [7, 11) is 0. The van der Waals surface area contributed by atoms with E-state index in [2.05, 4.69) is 10.6 Å². The average molecular weight is 246 g/mol. The summed E-state index contributed by atoms with van der Waals surface area (Å²) in [6.07, 6.45) is 4.87. The lowest BCUT2D eigenvalue weighted by atomic mass is 10.1. The van der Waals surface area contributed by atoms with Gasteiger partial charge in [0.1, 0.15) is 13.2 Å². The van der Waals surface area contributed by atoms with Crippen molar-refractivity contribution in [3.8, 4) is 0 Å². The van der Waals surface area contributed by atoms with Gasteiger partial charge in [0.25, 0.3) is 0 Å². The first kappa shape index (κ1) is 15.9. The van der Waals surface area contributed by atoms with E-state index in [9.17, 15) is 9.59 Å². The molecule has 6 heteroatoms. The summed E-state index contributed by atoms with van der Waals surface area (Å²) in [6, 6.07) is 0. The minimum atomic E-state index is -0.454. The van der Waals surface area contributed by atoms with Gasteiger partial charge in [0, 0.05) is 13.1 Å². The van der Waals surface area contributed by atoms with Gasteiger partial charge < -0.3 is 20.8 Å². The van der Waals surface area contributed by atoms with Crippen LogP contribution in [0.4, 0.5) is 0 Å². The molecule has 0 aromatic rings. The predicted octanol–water partition coefficient (Wildman–Crippen LogP) is -0.846. The molecule has 0 aliphatic rings. The van der Waals surface area contributed by atoms with Crippen LogP contribution in [0, 0.1) is 0 Å². The molecule has 4 N–H and O–H groups in total. The van der Waals surface area contributed by atoms with Crippen LogP contribution in [0.25, 0.3) is 0 Å². The number of rotatable bonds is 10. The van der Waals surface area contributed by atoms with Crippen LogP contribution >= 0.6 is 0 Å². The summed E-state index contributed by atoms with van der Waals surface area (Å²) in [5.41, 5.74) is 0. The van der Waals surface area contributed by atoms with Crippen LogP contribution in [0.3, 0.4) is 0 Å². The molecule has 0 aliphatic carbocycles. The molecule has 0 spiro atoms. The highest BCUT2D eigenvalue weighted by Crippen LogP contribution is 2.01. The third-order valence-corrected chi connectivity index (χ3v) is 2.29. The standard InChI is InChI=1S/C11H22N2O4/c14-8-10(16)12-6-4-2-1-3-5-7-13-11(17)9-15/h14-15H,1-9H2,(H,12,16)(H,13,17). The molecule has 2 amide bonds. The van der Waals surface area contributed by atoms with Gasteiger partial charge in [-0.15, -0.1) is 0 Å². The Morgan fingerprint density at radius 2 is 1.06 bits per heavy atom. The normalized spacial score (nSPS) is 10.0. The maximum Gasteiger partial charge on any atom is 0.245 e. The molecular weight excluding hydrogens is 224 g/mol. The number of aliphatic hydroxyl groups is 2. The quantitative estimate of drug-likeness (QED) is 0.377. The largest absolute Gasteiger partial charge is 0.387 e. The summed E-state index contributed by atoms with van der Waals surface area (Å²) in [6.45, 7) is 0.288. The molecular formula is C11H22N2O4. The maximum atomic E-state index is 10.7. The summed E-state index contributed by atoms with van der Waals surface area (Å²) in [5, 5.41) is 22.0. The van der Waals surface area contributed by atoms with E-state index in [1.165, 1.54) is 0 Å². The van der Waals surface area contributed by atoms with E-state index >= 15 is 0 Å². The Morgan fingerprint density at radius 1 is 0.706 bits per heavy atom. The maximum absolute atomic E-state index is 10.7. The zero-order valence-electron chi connectivity index (χ0n) is 10.1. The predicted molar refractivity (Wildman–Crippen MR) is 63.3 cm³/mol. The topological polar surface area (TPSA) is 98.7 Å². The third-order valence-electron chi connectivity index (χ3n) is 2.29. The molecule has 0 saturated carbocycles. The van der Waals surface area contributed by atoms with Crippen molar-refractivity contribution in [1.29, 1.82) is 0 Å². The van der Waals surface area contributed by atoms with Gasteiger partial charge >= 0.3 is 0 Å². The van der Waals surface area contributed by atoms with Gasteiger partial charge in [-0.3, -0.25) is 9.59 Å². The molecule has 0 aliphatic heterocycles. The van der Waals surface area contributed by atoms with Crippen molar-refractivity contribution in [3.63, 3.8) is 0 Å². The van der Waals surface area contributed by atoms with Crippen LogP contribution in [0.15, 0.2) is 0 Å². The lowest BCUT2D eigenvalue weighted by molar-refractivity contribution is -0.124. The van der Waals surface area contributed by atoms with E-state index in [4.69, 9.17) is 10.2 Å². The fraction of sp³-hybridized carbons (Fsp3) is 0.818. The molecule has 0 rings (SSSR count). The number of unbranched alkanes of at least 4 members (excludes halogenated alkanes) is 4. The molecule has 0 unspecified atom stereocenters. The van der Waals surface area contributed by atoms with E-state index in [1.54, 1.807) is 0 Å².